The molecule has 0 aliphatic heterocycles. The number of hydrogen-bond donors (Lipinski definition) is 2. The molecular weight excluding hydrogens is 220 g/mol. The van der Waals surface area contributed by atoms with Crippen LogP contribution in [0.1, 0.15) is 41.0 Å². The summed E-state index contributed by atoms with van der Waals surface area (Å²) in [4.78, 5) is 24.5. The highest BCUT2D eigenvalue weighted by Crippen LogP contribution is 2.09. The number of hydrogen-bond acceptors (Lipinski definition) is 3. The molecule has 0 spiro atoms. The van der Waals surface area contributed by atoms with Crippen molar-refractivity contribution in [2.24, 2.45) is 0 Å². The molecule has 0 saturated heterocycles. The van der Waals surface area contributed by atoms with E-state index in [9.17, 15) is 9.59 Å². The summed E-state index contributed by atoms with van der Waals surface area (Å²) in [7, 11) is 1.66. The van der Waals surface area contributed by atoms with Gasteiger partial charge in [0, 0.05) is 5.54 Å². The third-order valence-corrected chi connectivity index (χ3v) is 2.65. The highest BCUT2D eigenvalue weighted by Gasteiger charge is 2.29. The van der Waals surface area contributed by atoms with E-state index >= 15 is 0 Å². The lowest BCUT2D eigenvalue weighted by Gasteiger charge is -2.31. The van der Waals surface area contributed by atoms with Crippen molar-refractivity contribution in [3.8, 4) is 0 Å². The Morgan fingerprint density at radius 3 is 2.12 bits per heavy atom. The van der Waals surface area contributed by atoms with E-state index in [-0.39, 0.29) is 11.4 Å². The first-order valence-electron chi connectivity index (χ1n) is 5.87. The summed E-state index contributed by atoms with van der Waals surface area (Å²) in [6.07, 6.45) is 0.471. The summed E-state index contributed by atoms with van der Waals surface area (Å²) in [6, 6.07) is -1.09. The molecule has 0 aromatic rings. The number of rotatable bonds is 5. The maximum absolute atomic E-state index is 11.9. The highest BCUT2D eigenvalue weighted by molar-refractivity contribution is 5.83. The van der Waals surface area contributed by atoms with E-state index in [1.165, 1.54) is 0 Å². The molecular formula is C12H24N2O3. The minimum Gasteiger partial charge on any atom is -0.480 e. The Balaban J connectivity index is 4.63. The Morgan fingerprint density at radius 1 is 1.35 bits per heavy atom. The number of nitrogens with one attached hydrogen (secondary N) is 1. The average molecular weight is 244 g/mol. The predicted molar refractivity (Wildman–Crippen MR) is 66.8 cm³/mol. The van der Waals surface area contributed by atoms with E-state index in [4.69, 9.17) is 5.11 Å². The fraction of sp³-hybridized carbons (Fsp3) is 0.833. The largest absolute Gasteiger partial charge is 0.480 e. The molecule has 17 heavy (non-hydrogen) atoms. The number of carbonyl (C=O) groups is 2. The van der Waals surface area contributed by atoms with Crippen molar-refractivity contribution in [2.45, 2.75) is 58.7 Å². The number of carbonyl (C=O) groups excluding carboxylic acids is 1. The molecule has 5 heteroatoms. The van der Waals surface area contributed by atoms with E-state index in [1.807, 2.05) is 20.8 Å². The zero-order chi connectivity index (χ0) is 13.8. The van der Waals surface area contributed by atoms with Gasteiger partial charge in [-0.1, -0.05) is 6.92 Å². The third-order valence-electron chi connectivity index (χ3n) is 2.65. The van der Waals surface area contributed by atoms with Crippen LogP contribution in [0.5, 0.6) is 0 Å². The molecule has 0 aromatic heterocycles. The van der Waals surface area contributed by atoms with Crippen molar-refractivity contribution >= 4 is 11.9 Å². The van der Waals surface area contributed by atoms with Gasteiger partial charge in [0.05, 0.1) is 6.04 Å². The summed E-state index contributed by atoms with van der Waals surface area (Å²) in [5.41, 5.74) is -0.308. The summed E-state index contributed by atoms with van der Waals surface area (Å²) in [5.74, 6) is -1.05. The van der Waals surface area contributed by atoms with E-state index in [0.717, 1.165) is 0 Å². The van der Waals surface area contributed by atoms with Crippen molar-refractivity contribution in [3.05, 3.63) is 0 Å². The van der Waals surface area contributed by atoms with Crippen molar-refractivity contribution in [1.82, 2.24) is 10.2 Å². The van der Waals surface area contributed by atoms with Gasteiger partial charge in [0.15, 0.2) is 0 Å². The Hall–Kier alpha value is -1.10. The zero-order valence-corrected chi connectivity index (χ0v) is 11.6. The second kappa shape index (κ2) is 6.00. The summed E-state index contributed by atoms with van der Waals surface area (Å²) in [5, 5.41) is 11.9. The first-order valence-corrected chi connectivity index (χ1v) is 5.87. The van der Waals surface area contributed by atoms with Crippen LogP contribution in [0, 0.1) is 0 Å². The van der Waals surface area contributed by atoms with Crippen LogP contribution in [0.2, 0.25) is 0 Å². The Labute approximate surface area is 103 Å². The lowest BCUT2D eigenvalue weighted by molar-refractivity contribution is -0.144. The van der Waals surface area contributed by atoms with Crippen LogP contribution < -0.4 is 5.32 Å². The fourth-order valence-electron chi connectivity index (χ4n) is 1.57. The molecule has 2 N–H and O–H groups in total. The molecule has 0 fully saturated rings. The highest BCUT2D eigenvalue weighted by atomic mass is 16.4. The van der Waals surface area contributed by atoms with E-state index < -0.39 is 18.1 Å². The quantitative estimate of drug-likeness (QED) is 0.759. The van der Waals surface area contributed by atoms with Gasteiger partial charge in [-0.15, -0.1) is 0 Å². The molecule has 0 rings (SSSR count). The van der Waals surface area contributed by atoms with Crippen molar-refractivity contribution in [3.63, 3.8) is 0 Å². The molecule has 2 atom stereocenters. The first kappa shape index (κ1) is 15.9. The number of carboxylic acids is 1. The van der Waals surface area contributed by atoms with Crippen LogP contribution in [-0.2, 0) is 9.59 Å². The first-order chi connectivity index (χ1) is 7.60. The number of aliphatic carboxylic acids is 1. The normalized spacial score (nSPS) is 15.5. The maximum atomic E-state index is 11.9. The van der Waals surface area contributed by atoms with Gasteiger partial charge >= 0.3 is 5.97 Å². The SMILES string of the molecule is CCC(C(=O)O)N(C)C(C)C(=O)NC(C)(C)C. The Kier molecular flexibility index (Phi) is 5.61. The Bertz CT molecular complexity index is 284. The molecule has 0 radical (unpaired) electrons. The second-order valence-electron chi connectivity index (χ2n) is 5.34. The molecule has 0 aromatic carbocycles. The van der Waals surface area contributed by atoms with Crippen molar-refractivity contribution in [2.75, 3.05) is 7.05 Å². The fourth-order valence-corrected chi connectivity index (χ4v) is 1.57. The molecule has 0 heterocycles. The van der Waals surface area contributed by atoms with Crippen LogP contribution in [0.3, 0.4) is 0 Å². The molecule has 0 saturated carbocycles. The minimum absolute atomic E-state index is 0.153. The molecule has 0 aliphatic rings. The lowest BCUT2D eigenvalue weighted by Crippen LogP contribution is -2.53. The van der Waals surface area contributed by atoms with Crippen molar-refractivity contribution < 1.29 is 14.7 Å². The number of amides is 1. The number of likely N-dealkylation sites (N-methyl/N-ethyl adjacent to an activating group) is 1. The molecule has 0 aliphatic carbocycles. The van der Waals surface area contributed by atoms with Gasteiger partial charge in [-0.05, 0) is 41.2 Å². The van der Waals surface area contributed by atoms with E-state index in [0.29, 0.717) is 6.42 Å². The third kappa shape index (κ3) is 5.17. The van der Waals surface area contributed by atoms with Gasteiger partial charge in [0.2, 0.25) is 5.91 Å². The van der Waals surface area contributed by atoms with Gasteiger partial charge in [0.25, 0.3) is 0 Å². The molecule has 5 nitrogen and oxygen atoms in total. The smallest absolute Gasteiger partial charge is 0.320 e. The topological polar surface area (TPSA) is 69.6 Å². The summed E-state index contributed by atoms with van der Waals surface area (Å²) < 4.78 is 0. The van der Waals surface area contributed by atoms with Crippen LogP contribution in [0.15, 0.2) is 0 Å². The predicted octanol–water partition coefficient (Wildman–Crippen LogP) is 1.08. The zero-order valence-electron chi connectivity index (χ0n) is 11.6. The molecule has 0 bridgehead atoms. The molecule has 2 unspecified atom stereocenters. The lowest BCUT2D eigenvalue weighted by atomic mass is 10.1. The second-order valence-corrected chi connectivity index (χ2v) is 5.34. The van der Waals surface area contributed by atoms with Crippen LogP contribution in [-0.4, -0.2) is 46.6 Å². The van der Waals surface area contributed by atoms with Gasteiger partial charge in [-0.2, -0.15) is 0 Å². The van der Waals surface area contributed by atoms with Gasteiger partial charge in [-0.25, -0.2) is 0 Å². The Morgan fingerprint density at radius 2 is 1.82 bits per heavy atom. The van der Waals surface area contributed by atoms with Crippen LogP contribution in [0.25, 0.3) is 0 Å². The minimum atomic E-state index is -0.898. The van der Waals surface area contributed by atoms with Gasteiger partial charge in [0.1, 0.15) is 6.04 Å². The van der Waals surface area contributed by atoms with Gasteiger partial charge < -0.3 is 10.4 Å². The standard InChI is InChI=1S/C12H24N2O3/c1-7-9(11(16)17)14(6)8(2)10(15)13-12(3,4)5/h8-9H,7H2,1-6H3,(H,13,15)(H,16,17). The molecule has 1 amide bonds. The van der Waals surface area contributed by atoms with Gasteiger partial charge in [-0.3, -0.25) is 14.5 Å². The van der Waals surface area contributed by atoms with E-state index in [2.05, 4.69) is 5.32 Å². The summed E-state index contributed by atoms with van der Waals surface area (Å²) >= 11 is 0. The van der Waals surface area contributed by atoms with Crippen LogP contribution in [0.4, 0.5) is 0 Å². The monoisotopic (exact) mass is 244 g/mol. The number of carboxylic acid groups (broad SMARTS) is 1. The maximum Gasteiger partial charge on any atom is 0.320 e. The van der Waals surface area contributed by atoms with Crippen LogP contribution >= 0.6 is 0 Å². The molecule has 100 valence electrons. The number of nitrogens with zero attached hydrogens (tertiary/aromatic N) is 1. The van der Waals surface area contributed by atoms with E-state index in [1.54, 1.807) is 25.8 Å². The summed E-state index contributed by atoms with van der Waals surface area (Å²) in [6.45, 7) is 9.20. The van der Waals surface area contributed by atoms with Crippen molar-refractivity contribution in [1.29, 1.82) is 0 Å². The average Bonchev–Trinajstić information content (AvgIpc) is 2.14.